The molecule has 2 aromatic heterocycles. The molecule has 0 spiro atoms. The van der Waals surface area contributed by atoms with Crippen molar-refractivity contribution in [3.8, 4) is 0 Å². The summed E-state index contributed by atoms with van der Waals surface area (Å²) >= 11 is 0. The SMILES string of the molecule is O=C(Nc1nnc2ccccn12)c1ccc(F)cc1. The molecule has 0 aliphatic rings. The number of anilines is 1. The highest BCUT2D eigenvalue weighted by molar-refractivity contribution is 6.03. The first-order chi connectivity index (χ1) is 9.24. The van der Waals surface area contributed by atoms with E-state index in [-0.39, 0.29) is 11.7 Å². The maximum atomic E-state index is 12.8. The molecular weight excluding hydrogens is 247 g/mol. The number of fused-ring (bicyclic) bond motifs is 1. The topological polar surface area (TPSA) is 59.3 Å². The Hall–Kier alpha value is -2.76. The van der Waals surface area contributed by atoms with Gasteiger partial charge in [-0.2, -0.15) is 0 Å². The fourth-order valence-corrected chi connectivity index (χ4v) is 1.70. The van der Waals surface area contributed by atoms with Crippen LogP contribution in [0.3, 0.4) is 0 Å². The summed E-state index contributed by atoms with van der Waals surface area (Å²) in [4.78, 5) is 12.0. The van der Waals surface area contributed by atoms with Crippen LogP contribution in [-0.2, 0) is 0 Å². The summed E-state index contributed by atoms with van der Waals surface area (Å²) in [6.45, 7) is 0. The minimum absolute atomic E-state index is 0.324. The normalized spacial score (nSPS) is 10.6. The van der Waals surface area contributed by atoms with Crippen molar-refractivity contribution in [1.82, 2.24) is 14.6 Å². The predicted octanol–water partition coefficient (Wildman–Crippen LogP) is 2.12. The van der Waals surface area contributed by atoms with E-state index in [1.807, 2.05) is 12.1 Å². The standard InChI is InChI=1S/C13H9FN4O/c14-10-6-4-9(5-7-10)12(19)15-13-17-16-11-3-1-2-8-18(11)13/h1-8H,(H,15,17,19). The second-order valence-corrected chi connectivity index (χ2v) is 3.91. The first-order valence-electron chi connectivity index (χ1n) is 5.61. The van der Waals surface area contributed by atoms with E-state index in [0.29, 0.717) is 17.2 Å². The molecule has 0 saturated carbocycles. The van der Waals surface area contributed by atoms with Gasteiger partial charge in [0.05, 0.1) is 0 Å². The molecule has 1 amide bonds. The predicted molar refractivity (Wildman–Crippen MR) is 67.3 cm³/mol. The third-order valence-corrected chi connectivity index (χ3v) is 2.65. The molecule has 0 unspecified atom stereocenters. The van der Waals surface area contributed by atoms with Crippen LogP contribution < -0.4 is 5.32 Å². The van der Waals surface area contributed by atoms with Gasteiger partial charge in [-0.15, -0.1) is 10.2 Å². The molecule has 1 N–H and O–H groups in total. The van der Waals surface area contributed by atoms with E-state index in [1.54, 1.807) is 16.7 Å². The highest BCUT2D eigenvalue weighted by Gasteiger charge is 2.10. The summed E-state index contributed by atoms with van der Waals surface area (Å²) in [5.41, 5.74) is 0.992. The highest BCUT2D eigenvalue weighted by atomic mass is 19.1. The summed E-state index contributed by atoms with van der Waals surface area (Å²) in [5.74, 6) is -0.424. The molecule has 3 aromatic rings. The number of pyridine rings is 1. The van der Waals surface area contributed by atoms with Gasteiger partial charge >= 0.3 is 0 Å². The molecule has 0 bridgehead atoms. The summed E-state index contributed by atoms with van der Waals surface area (Å²) in [5, 5.41) is 10.4. The molecule has 0 saturated heterocycles. The van der Waals surface area contributed by atoms with E-state index in [4.69, 9.17) is 0 Å². The number of nitrogens with one attached hydrogen (secondary N) is 1. The number of carbonyl (C=O) groups is 1. The molecule has 94 valence electrons. The number of hydrogen-bond acceptors (Lipinski definition) is 3. The van der Waals surface area contributed by atoms with Gasteiger partial charge in [0, 0.05) is 11.8 Å². The van der Waals surface area contributed by atoms with Crippen molar-refractivity contribution >= 4 is 17.5 Å². The van der Waals surface area contributed by atoms with Crippen molar-refractivity contribution in [1.29, 1.82) is 0 Å². The zero-order valence-corrected chi connectivity index (χ0v) is 9.75. The number of aromatic nitrogens is 3. The quantitative estimate of drug-likeness (QED) is 0.764. The zero-order chi connectivity index (χ0) is 13.2. The molecule has 0 aliphatic heterocycles. The number of amides is 1. The Kier molecular flexibility index (Phi) is 2.68. The average molecular weight is 256 g/mol. The highest BCUT2D eigenvalue weighted by Crippen LogP contribution is 2.10. The summed E-state index contributed by atoms with van der Waals surface area (Å²) in [6.07, 6.45) is 1.75. The van der Waals surface area contributed by atoms with Crippen molar-refractivity contribution in [2.24, 2.45) is 0 Å². The molecule has 0 fully saturated rings. The minimum atomic E-state index is -0.385. The molecule has 19 heavy (non-hydrogen) atoms. The number of benzene rings is 1. The third kappa shape index (κ3) is 2.15. The van der Waals surface area contributed by atoms with Crippen molar-refractivity contribution in [2.45, 2.75) is 0 Å². The Morgan fingerprint density at radius 2 is 1.89 bits per heavy atom. The second kappa shape index (κ2) is 4.49. The lowest BCUT2D eigenvalue weighted by Crippen LogP contribution is -2.14. The molecule has 0 aliphatic carbocycles. The number of carbonyl (C=O) groups excluding carboxylic acids is 1. The van der Waals surface area contributed by atoms with E-state index in [1.165, 1.54) is 24.3 Å². The van der Waals surface area contributed by atoms with E-state index in [9.17, 15) is 9.18 Å². The van der Waals surface area contributed by atoms with E-state index in [0.717, 1.165) is 0 Å². The van der Waals surface area contributed by atoms with Crippen molar-refractivity contribution in [3.05, 3.63) is 60.0 Å². The van der Waals surface area contributed by atoms with Gasteiger partial charge < -0.3 is 0 Å². The summed E-state index contributed by atoms with van der Waals surface area (Å²) in [7, 11) is 0. The van der Waals surface area contributed by atoms with E-state index >= 15 is 0 Å². The summed E-state index contributed by atoms with van der Waals surface area (Å²) < 4.78 is 14.4. The van der Waals surface area contributed by atoms with Gasteiger partial charge in [-0.3, -0.25) is 14.5 Å². The fraction of sp³-hybridized carbons (Fsp3) is 0. The molecule has 3 rings (SSSR count). The van der Waals surface area contributed by atoms with Gasteiger partial charge in [0.1, 0.15) is 5.82 Å². The summed E-state index contributed by atoms with van der Waals surface area (Å²) in [6, 6.07) is 10.7. The maximum Gasteiger partial charge on any atom is 0.258 e. The monoisotopic (exact) mass is 256 g/mol. The maximum absolute atomic E-state index is 12.8. The van der Waals surface area contributed by atoms with Gasteiger partial charge in [0.15, 0.2) is 5.65 Å². The lowest BCUT2D eigenvalue weighted by molar-refractivity contribution is 0.102. The van der Waals surface area contributed by atoms with Gasteiger partial charge in [-0.1, -0.05) is 6.07 Å². The molecule has 1 aromatic carbocycles. The van der Waals surface area contributed by atoms with Crippen molar-refractivity contribution in [2.75, 3.05) is 5.32 Å². The molecule has 2 heterocycles. The lowest BCUT2D eigenvalue weighted by Gasteiger charge is -2.03. The van der Waals surface area contributed by atoms with Crippen LogP contribution in [0.5, 0.6) is 0 Å². The van der Waals surface area contributed by atoms with Crippen LogP contribution in [0.25, 0.3) is 5.65 Å². The third-order valence-electron chi connectivity index (χ3n) is 2.65. The van der Waals surface area contributed by atoms with Crippen LogP contribution in [0.1, 0.15) is 10.4 Å². The molecular formula is C13H9FN4O. The zero-order valence-electron chi connectivity index (χ0n) is 9.75. The van der Waals surface area contributed by atoms with Gasteiger partial charge in [0.2, 0.25) is 5.95 Å². The Labute approximate surface area is 107 Å². The van der Waals surface area contributed by atoms with Crippen LogP contribution in [0, 0.1) is 5.82 Å². The lowest BCUT2D eigenvalue weighted by atomic mass is 10.2. The molecule has 6 heteroatoms. The Morgan fingerprint density at radius 1 is 1.11 bits per heavy atom. The van der Waals surface area contributed by atoms with Gasteiger partial charge in [0.25, 0.3) is 5.91 Å². The van der Waals surface area contributed by atoms with Crippen LogP contribution in [0.4, 0.5) is 10.3 Å². The van der Waals surface area contributed by atoms with E-state index < -0.39 is 0 Å². The van der Waals surface area contributed by atoms with E-state index in [2.05, 4.69) is 15.5 Å². The van der Waals surface area contributed by atoms with Crippen LogP contribution in [0.15, 0.2) is 48.7 Å². The first-order valence-corrected chi connectivity index (χ1v) is 5.61. The number of rotatable bonds is 2. The minimum Gasteiger partial charge on any atom is -0.290 e. The Balaban J connectivity index is 1.89. The fourth-order valence-electron chi connectivity index (χ4n) is 1.70. The molecule has 0 radical (unpaired) electrons. The number of hydrogen-bond donors (Lipinski definition) is 1. The first kappa shape index (κ1) is 11.3. The second-order valence-electron chi connectivity index (χ2n) is 3.91. The average Bonchev–Trinajstić information content (AvgIpc) is 2.83. The Bertz CT molecular complexity index is 736. The number of nitrogens with zero attached hydrogens (tertiary/aromatic N) is 3. The van der Waals surface area contributed by atoms with Crippen LogP contribution >= 0.6 is 0 Å². The van der Waals surface area contributed by atoms with Crippen LogP contribution in [-0.4, -0.2) is 20.5 Å². The molecule has 0 atom stereocenters. The van der Waals surface area contributed by atoms with Gasteiger partial charge in [-0.05, 0) is 36.4 Å². The van der Waals surface area contributed by atoms with Crippen LogP contribution in [0.2, 0.25) is 0 Å². The smallest absolute Gasteiger partial charge is 0.258 e. The van der Waals surface area contributed by atoms with Crippen molar-refractivity contribution < 1.29 is 9.18 Å². The molecule has 5 nitrogen and oxygen atoms in total. The van der Waals surface area contributed by atoms with Gasteiger partial charge in [-0.25, -0.2) is 4.39 Å². The Morgan fingerprint density at radius 3 is 2.68 bits per heavy atom. The number of halogens is 1. The largest absolute Gasteiger partial charge is 0.290 e. The van der Waals surface area contributed by atoms with Crippen molar-refractivity contribution in [3.63, 3.8) is 0 Å².